The molecular formula is C18H18N6O3. The van der Waals surface area contributed by atoms with Crippen molar-refractivity contribution in [2.45, 2.75) is 25.2 Å². The first-order chi connectivity index (χ1) is 13.2. The highest BCUT2D eigenvalue weighted by atomic mass is 16.5. The van der Waals surface area contributed by atoms with Crippen LogP contribution in [0.2, 0.25) is 0 Å². The number of H-pyrrole nitrogens is 1. The molecule has 1 amide bonds. The molecule has 5 rings (SSSR count). The topological polar surface area (TPSA) is 98.0 Å². The van der Waals surface area contributed by atoms with Crippen LogP contribution in [-0.2, 0) is 11.3 Å². The third-order valence-corrected chi connectivity index (χ3v) is 5.19. The number of aromatic nitrogens is 5. The molecule has 1 aromatic carbocycles. The molecule has 2 aliphatic rings. The summed E-state index contributed by atoms with van der Waals surface area (Å²) in [5.74, 6) is -0.201. The van der Waals surface area contributed by atoms with Crippen LogP contribution in [0.1, 0.15) is 28.6 Å². The van der Waals surface area contributed by atoms with Gasteiger partial charge in [0.2, 0.25) is 0 Å². The van der Waals surface area contributed by atoms with Crippen LogP contribution < -0.4 is 5.56 Å². The molecule has 2 aliphatic heterocycles. The number of rotatable bonds is 2. The second kappa shape index (κ2) is 6.20. The van der Waals surface area contributed by atoms with Crippen LogP contribution in [0.3, 0.4) is 0 Å². The molecule has 2 aromatic heterocycles. The van der Waals surface area contributed by atoms with Crippen LogP contribution in [0, 0.1) is 0 Å². The van der Waals surface area contributed by atoms with Gasteiger partial charge in [0.05, 0.1) is 36.3 Å². The molecule has 9 nitrogen and oxygen atoms in total. The molecular weight excluding hydrogens is 348 g/mol. The summed E-state index contributed by atoms with van der Waals surface area (Å²) in [5, 5.41) is 11.0. The summed E-state index contributed by atoms with van der Waals surface area (Å²) in [6.45, 7) is 1.47. The van der Waals surface area contributed by atoms with Gasteiger partial charge in [0.15, 0.2) is 0 Å². The molecule has 27 heavy (non-hydrogen) atoms. The highest BCUT2D eigenvalue weighted by molar-refractivity contribution is 5.92. The van der Waals surface area contributed by atoms with Gasteiger partial charge in [-0.3, -0.25) is 14.7 Å². The highest BCUT2D eigenvalue weighted by Gasteiger charge is 2.38. The molecule has 138 valence electrons. The van der Waals surface area contributed by atoms with Crippen molar-refractivity contribution in [1.29, 1.82) is 0 Å². The summed E-state index contributed by atoms with van der Waals surface area (Å²) in [5.41, 5.74) is 1.66. The lowest BCUT2D eigenvalue weighted by Gasteiger charge is -2.40. The van der Waals surface area contributed by atoms with E-state index in [1.165, 1.54) is 10.7 Å². The van der Waals surface area contributed by atoms with E-state index in [-0.39, 0.29) is 29.3 Å². The van der Waals surface area contributed by atoms with E-state index >= 15 is 0 Å². The summed E-state index contributed by atoms with van der Waals surface area (Å²) in [4.78, 5) is 26.9. The second-order valence-electron chi connectivity index (χ2n) is 6.81. The van der Waals surface area contributed by atoms with Gasteiger partial charge < -0.3 is 9.64 Å². The van der Waals surface area contributed by atoms with Gasteiger partial charge in [0, 0.05) is 19.2 Å². The molecule has 0 unspecified atom stereocenters. The zero-order valence-corrected chi connectivity index (χ0v) is 14.5. The van der Waals surface area contributed by atoms with E-state index in [2.05, 4.69) is 15.4 Å². The Hall–Kier alpha value is -3.20. The summed E-state index contributed by atoms with van der Waals surface area (Å²) in [6, 6.07) is 10.6. The number of likely N-dealkylation sites (tertiary alicyclic amines) is 1. The number of hydrogen-bond acceptors (Lipinski definition) is 5. The predicted octanol–water partition coefficient (Wildman–Crippen LogP) is 0.743. The Morgan fingerprint density at radius 1 is 1.26 bits per heavy atom. The van der Waals surface area contributed by atoms with E-state index in [9.17, 15) is 9.59 Å². The van der Waals surface area contributed by atoms with Crippen molar-refractivity contribution >= 4 is 5.91 Å². The van der Waals surface area contributed by atoms with E-state index in [1.807, 2.05) is 35.0 Å². The first-order valence-corrected chi connectivity index (χ1v) is 8.88. The minimum Gasteiger partial charge on any atom is -0.368 e. The van der Waals surface area contributed by atoms with E-state index in [1.54, 1.807) is 11.1 Å². The van der Waals surface area contributed by atoms with Crippen LogP contribution in [0.15, 0.2) is 47.4 Å². The second-order valence-corrected chi connectivity index (χ2v) is 6.81. The normalized spacial score (nSPS) is 21.6. The summed E-state index contributed by atoms with van der Waals surface area (Å²) in [6.07, 6.45) is 2.32. The average molecular weight is 366 g/mol. The summed E-state index contributed by atoms with van der Waals surface area (Å²) < 4.78 is 9.19. The van der Waals surface area contributed by atoms with Gasteiger partial charge >= 0.3 is 0 Å². The molecule has 0 bridgehead atoms. The molecule has 4 heterocycles. The average Bonchev–Trinajstić information content (AvgIpc) is 3.34. The predicted molar refractivity (Wildman–Crippen MR) is 94.5 cm³/mol. The molecule has 1 saturated heterocycles. The number of benzene rings is 1. The summed E-state index contributed by atoms with van der Waals surface area (Å²) in [7, 11) is 0. The zero-order valence-electron chi connectivity index (χ0n) is 14.5. The van der Waals surface area contributed by atoms with Gasteiger partial charge in [-0.05, 0) is 18.6 Å². The number of piperidine rings is 1. The molecule has 0 spiro atoms. The number of fused-ring (bicyclic) bond motifs is 3. The van der Waals surface area contributed by atoms with Crippen molar-refractivity contribution in [1.82, 2.24) is 29.7 Å². The lowest BCUT2D eigenvalue weighted by Crippen LogP contribution is -2.50. The number of nitrogens with one attached hydrogen (secondary N) is 1. The van der Waals surface area contributed by atoms with E-state index in [0.29, 0.717) is 25.4 Å². The number of para-hydroxylation sites is 1. The van der Waals surface area contributed by atoms with Crippen molar-refractivity contribution in [2.24, 2.45) is 0 Å². The fourth-order valence-electron chi connectivity index (χ4n) is 3.82. The first-order valence-electron chi connectivity index (χ1n) is 8.88. The van der Waals surface area contributed by atoms with Gasteiger partial charge in [-0.25, -0.2) is 9.36 Å². The molecule has 3 aromatic rings. The van der Waals surface area contributed by atoms with Crippen LogP contribution in [0.5, 0.6) is 0 Å². The minimum absolute atomic E-state index is 0.0910. The Balaban J connectivity index is 1.36. The molecule has 9 heteroatoms. The Morgan fingerprint density at radius 2 is 2.11 bits per heavy atom. The van der Waals surface area contributed by atoms with Gasteiger partial charge in [0.25, 0.3) is 11.5 Å². The fourth-order valence-corrected chi connectivity index (χ4v) is 3.82. The van der Waals surface area contributed by atoms with Crippen LogP contribution in [0.25, 0.3) is 5.69 Å². The number of ether oxygens (including phenoxy) is 1. The van der Waals surface area contributed by atoms with Gasteiger partial charge in [-0.1, -0.05) is 23.4 Å². The Labute approximate surface area is 154 Å². The number of aromatic amines is 1. The number of hydrogen-bond donors (Lipinski definition) is 1. The van der Waals surface area contributed by atoms with Crippen LogP contribution >= 0.6 is 0 Å². The van der Waals surface area contributed by atoms with Crippen molar-refractivity contribution in [3.8, 4) is 5.69 Å². The molecule has 0 aliphatic carbocycles. The zero-order chi connectivity index (χ0) is 18.4. The highest BCUT2D eigenvalue weighted by Crippen LogP contribution is 2.30. The van der Waals surface area contributed by atoms with E-state index in [0.717, 1.165) is 12.1 Å². The van der Waals surface area contributed by atoms with Gasteiger partial charge in [-0.2, -0.15) is 0 Å². The van der Waals surface area contributed by atoms with Crippen LogP contribution in [-0.4, -0.2) is 54.8 Å². The minimum atomic E-state index is -0.263. The smallest absolute Gasteiger partial charge is 0.272 e. The quantitative estimate of drug-likeness (QED) is 0.721. The maximum Gasteiger partial charge on any atom is 0.272 e. The van der Waals surface area contributed by atoms with Crippen molar-refractivity contribution < 1.29 is 9.53 Å². The lowest BCUT2D eigenvalue weighted by atomic mass is 10.00. The maximum absolute atomic E-state index is 12.9. The monoisotopic (exact) mass is 366 g/mol. The lowest BCUT2D eigenvalue weighted by molar-refractivity contribution is -0.0628. The van der Waals surface area contributed by atoms with Gasteiger partial charge in [-0.15, -0.1) is 5.10 Å². The molecule has 1 N–H and O–H groups in total. The fraction of sp³-hybridized carbons (Fsp3) is 0.333. The SMILES string of the molecule is O=C(c1cc(=O)n(-c2ccccc2)[nH]1)N1CC[C@H]2[C@H](C1)OCc1cnnn12. The molecule has 1 fully saturated rings. The Morgan fingerprint density at radius 3 is 2.96 bits per heavy atom. The third-order valence-electron chi connectivity index (χ3n) is 5.19. The third kappa shape index (κ3) is 2.67. The van der Waals surface area contributed by atoms with Crippen LogP contribution in [0.4, 0.5) is 0 Å². The Bertz CT molecular complexity index is 1040. The molecule has 0 radical (unpaired) electrons. The standard InChI is InChI=1S/C18H18N6O3/c25-17-8-14(20-24(17)12-4-2-1-3-5-12)18(26)22-7-6-15-16(10-22)27-11-13-9-19-21-23(13)15/h1-5,8-9,15-16,20H,6-7,10-11H2/t15-,16-/m0/s1. The molecule has 2 atom stereocenters. The maximum atomic E-state index is 12.9. The first kappa shape index (κ1) is 16.0. The number of nitrogens with zero attached hydrogens (tertiary/aromatic N) is 5. The van der Waals surface area contributed by atoms with Crippen molar-refractivity contribution in [3.05, 3.63) is 64.3 Å². The largest absolute Gasteiger partial charge is 0.368 e. The number of amides is 1. The summed E-state index contributed by atoms with van der Waals surface area (Å²) >= 11 is 0. The van der Waals surface area contributed by atoms with E-state index < -0.39 is 0 Å². The number of carbonyl (C=O) groups excluding carboxylic acids is 1. The molecule has 0 saturated carbocycles. The van der Waals surface area contributed by atoms with Gasteiger partial charge in [0.1, 0.15) is 5.69 Å². The van der Waals surface area contributed by atoms with E-state index in [4.69, 9.17) is 4.74 Å². The van der Waals surface area contributed by atoms with Crippen molar-refractivity contribution in [3.63, 3.8) is 0 Å². The Kier molecular flexibility index (Phi) is 3.68. The number of carbonyl (C=O) groups is 1. The van der Waals surface area contributed by atoms with Crippen molar-refractivity contribution in [2.75, 3.05) is 13.1 Å².